The van der Waals surface area contributed by atoms with Crippen LogP contribution in [-0.4, -0.2) is 103 Å². The van der Waals surface area contributed by atoms with Crippen LogP contribution in [0, 0.1) is 36.2 Å². The zero-order chi connectivity index (χ0) is 36.3. The molecule has 0 aromatic heterocycles. The first kappa shape index (κ1) is 40.9. The van der Waals surface area contributed by atoms with E-state index in [1.165, 1.54) is 19.9 Å². The van der Waals surface area contributed by atoms with Gasteiger partial charge in [-0.3, -0.25) is 24.1 Å². The van der Waals surface area contributed by atoms with Crippen molar-refractivity contribution in [1.82, 2.24) is 4.90 Å². The van der Waals surface area contributed by atoms with Gasteiger partial charge in [-0.05, 0) is 52.8 Å². The number of esters is 3. The minimum atomic E-state index is -1.20. The first-order valence-electron chi connectivity index (χ1n) is 16.7. The maximum Gasteiger partial charge on any atom is 0.308 e. The minimum Gasteiger partial charge on any atom is -0.462 e. The second kappa shape index (κ2) is 19.1. The van der Waals surface area contributed by atoms with E-state index < -0.39 is 84.6 Å². The normalized spacial score (nSPS) is 37.4. The smallest absolute Gasteiger partial charge is 0.308 e. The fraction of sp³-hybridized carbons (Fsp3) is 0.722. The summed E-state index contributed by atoms with van der Waals surface area (Å²) in [5, 5.41) is 11.4. The van der Waals surface area contributed by atoms with Gasteiger partial charge in [-0.2, -0.15) is 0 Å². The highest BCUT2D eigenvalue weighted by Gasteiger charge is 2.51. The Morgan fingerprint density at radius 3 is 2.23 bits per heavy atom. The summed E-state index contributed by atoms with van der Waals surface area (Å²) < 4.78 is 35.3. The molecule has 0 radical (unpaired) electrons. The number of likely N-dealkylation sites (N-methyl/N-ethyl adjacent to an activating group) is 1. The van der Waals surface area contributed by atoms with Crippen molar-refractivity contribution in [3.8, 4) is 12.5 Å². The summed E-state index contributed by atoms with van der Waals surface area (Å²) in [6.45, 7) is 13.6. The van der Waals surface area contributed by atoms with Crippen LogP contribution in [0.2, 0.25) is 0 Å². The van der Waals surface area contributed by atoms with Gasteiger partial charge in [-0.25, -0.2) is 0 Å². The highest BCUT2D eigenvalue weighted by Crippen LogP contribution is 2.35. The van der Waals surface area contributed by atoms with Crippen LogP contribution in [0.25, 0.3) is 0 Å². The molecule has 5 unspecified atom stereocenters. The summed E-state index contributed by atoms with van der Waals surface area (Å²) in [4.78, 5) is 52.6. The van der Waals surface area contributed by atoms with Crippen molar-refractivity contribution >= 4 is 23.7 Å². The Hall–Kier alpha value is -3.24. The van der Waals surface area contributed by atoms with Gasteiger partial charge in [0.15, 0.2) is 18.2 Å². The number of allylic oxidation sites excluding steroid dienone is 3. The number of aliphatic hydroxyl groups excluding tert-OH is 1. The summed E-state index contributed by atoms with van der Waals surface area (Å²) in [6.07, 6.45) is 6.91. The van der Waals surface area contributed by atoms with Crippen LogP contribution in [0.15, 0.2) is 23.8 Å². The highest BCUT2D eigenvalue weighted by atomic mass is 16.7. The van der Waals surface area contributed by atoms with E-state index in [2.05, 4.69) is 6.11 Å². The van der Waals surface area contributed by atoms with E-state index in [1.54, 1.807) is 38.9 Å². The fourth-order valence-electron chi connectivity index (χ4n) is 6.55. The number of ketones is 1. The Bertz CT molecular complexity index is 1210. The van der Waals surface area contributed by atoms with E-state index in [4.69, 9.17) is 34.8 Å². The lowest BCUT2D eigenvalue weighted by atomic mass is 9.82. The SMILES string of the molecule is C#COC[C@H]1/C=C(C)/C=C/C(=O)[C@H](C)C[C@H](C)[C@H](OC2OC(C)C(OC(C)=O)C(N(C)C)C2OC(C)=O)[C@@H](C)[C@H](O)CC(=O)O[C@@H]1CC. The van der Waals surface area contributed by atoms with Crippen molar-refractivity contribution in [2.24, 2.45) is 23.7 Å². The third-order valence-electron chi connectivity index (χ3n) is 9.03. The van der Waals surface area contributed by atoms with Gasteiger partial charge >= 0.3 is 17.9 Å². The first-order valence-corrected chi connectivity index (χ1v) is 16.7. The molecule has 2 aliphatic heterocycles. The van der Waals surface area contributed by atoms with E-state index in [0.717, 1.165) is 5.57 Å². The lowest BCUT2D eigenvalue weighted by Crippen LogP contribution is -2.65. The molecule has 1 saturated heterocycles. The van der Waals surface area contributed by atoms with Crippen LogP contribution in [0.1, 0.15) is 74.7 Å². The molecule has 2 heterocycles. The minimum absolute atomic E-state index is 0.0965. The van der Waals surface area contributed by atoms with Gasteiger partial charge in [0, 0.05) is 31.6 Å². The zero-order valence-electron chi connectivity index (χ0n) is 30.0. The molecule has 12 nitrogen and oxygen atoms in total. The number of rotatable bonds is 8. The Balaban J connectivity index is 2.54. The Morgan fingerprint density at radius 1 is 1.04 bits per heavy atom. The maximum absolute atomic E-state index is 13.3. The average molecular weight is 678 g/mol. The van der Waals surface area contributed by atoms with Gasteiger partial charge in [0.1, 0.15) is 24.9 Å². The molecule has 1 N–H and O–H groups in total. The number of hydrogen-bond donors (Lipinski definition) is 1. The van der Waals surface area contributed by atoms with Gasteiger partial charge in [-0.1, -0.05) is 51.8 Å². The number of aliphatic hydroxyl groups is 1. The van der Waals surface area contributed by atoms with E-state index in [-0.39, 0.29) is 24.7 Å². The molecule has 0 aliphatic carbocycles. The maximum atomic E-state index is 13.3. The van der Waals surface area contributed by atoms with Crippen LogP contribution >= 0.6 is 0 Å². The van der Waals surface area contributed by atoms with Gasteiger partial charge in [0.25, 0.3) is 0 Å². The van der Waals surface area contributed by atoms with Crippen LogP contribution in [0.5, 0.6) is 0 Å². The van der Waals surface area contributed by atoms with Crippen LogP contribution in [0.3, 0.4) is 0 Å². The third-order valence-corrected chi connectivity index (χ3v) is 9.03. The van der Waals surface area contributed by atoms with Gasteiger partial charge in [-0.15, -0.1) is 0 Å². The molecule has 0 amide bonds. The molecule has 12 heteroatoms. The van der Waals surface area contributed by atoms with Crippen molar-refractivity contribution in [3.63, 3.8) is 0 Å². The van der Waals surface area contributed by atoms with Crippen molar-refractivity contribution in [3.05, 3.63) is 23.8 Å². The summed E-state index contributed by atoms with van der Waals surface area (Å²) in [5.74, 6) is -3.62. The monoisotopic (exact) mass is 677 g/mol. The van der Waals surface area contributed by atoms with Crippen LogP contribution in [-0.2, 0) is 47.6 Å². The number of terminal acetylenes is 1. The first-order chi connectivity index (χ1) is 22.5. The number of cyclic esters (lactones) is 1. The number of carbonyl (C=O) groups excluding carboxylic acids is 4. The van der Waals surface area contributed by atoms with Gasteiger partial charge in [0.05, 0.1) is 30.8 Å². The number of nitrogens with zero attached hydrogens (tertiary/aromatic N) is 1. The number of carbonyl (C=O) groups is 4. The Kier molecular flexibility index (Phi) is 16.3. The summed E-state index contributed by atoms with van der Waals surface area (Å²) >= 11 is 0. The van der Waals surface area contributed by atoms with E-state index in [9.17, 15) is 24.3 Å². The van der Waals surface area contributed by atoms with Gasteiger partial charge in [0.2, 0.25) is 0 Å². The number of hydrogen-bond acceptors (Lipinski definition) is 12. The highest BCUT2D eigenvalue weighted by molar-refractivity contribution is 5.91. The molecule has 0 aromatic rings. The molecule has 0 spiro atoms. The number of ether oxygens (including phenoxy) is 6. The van der Waals surface area contributed by atoms with Gasteiger partial charge < -0.3 is 33.5 Å². The molecular weight excluding hydrogens is 622 g/mol. The second-order valence-electron chi connectivity index (χ2n) is 13.3. The predicted octanol–water partition coefficient (Wildman–Crippen LogP) is 3.59. The zero-order valence-corrected chi connectivity index (χ0v) is 30.0. The molecule has 270 valence electrons. The molecule has 2 rings (SSSR count). The Morgan fingerprint density at radius 2 is 1.67 bits per heavy atom. The van der Waals surface area contributed by atoms with E-state index in [1.807, 2.05) is 33.8 Å². The average Bonchev–Trinajstić information content (AvgIpc) is 2.99. The molecular formula is C36H55NO11. The topological polar surface area (TPSA) is 147 Å². The summed E-state index contributed by atoms with van der Waals surface area (Å²) in [5.41, 5.74) is 0.772. The van der Waals surface area contributed by atoms with Crippen LogP contribution in [0.4, 0.5) is 0 Å². The van der Waals surface area contributed by atoms with Crippen molar-refractivity contribution < 1.29 is 52.7 Å². The lowest BCUT2D eigenvalue weighted by Gasteiger charge is -2.48. The molecule has 1 fully saturated rings. The van der Waals surface area contributed by atoms with E-state index >= 15 is 0 Å². The lowest BCUT2D eigenvalue weighted by molar-refractivity contribution is -0.307. The largest absolute Gasteiger partial charge is 0.462 e. The standard InChI is InChI=1S/C36H55NO11/c1-12-30-27(19-43-13-2)16-20(3)14-15-28(40)21(4)17-22(5)33(23(6)29(41)18-31(42)47-30)48-36-35(46-26(9)39)32(37(10)11)34(24(7)44-36)45-25(8)38/h2,14-16,21-24,27,29-30,32-36,41H,12,17-19H2,1,3-11H3/b15-14+,20-16+/t21-,22+,23+,24?,27-,29-,30-,32?,33+,34?,35?,36?/m1/s1. The van der Waals surface area contributed by atoms with Crippen molar-refractivity contribution in [2.75, 3.05) is 20.7 Å². The molecule has 12 atom stereocenters. The quantitative estimate of drug-likeness (QED) is 0.228. The summed E-state index contributed by atoms with van der Waals surface area (Å²) in [7, 11) is 3.54. The molecule has 2 aliphatic rings. The molecule has 0 bridgehead atoms. The molecule has 0 saturated carbocycles. The van der Waals surface area contributed by atoms with Crippen molar-refractivity contribution in [1.29, 1.82) is 0 Å². The van der Waals surface area contributed by atoms with Crippen LogP contribution < -0.4 is 0 Å². The third kappa shape index (κ3) is 11.7. The Labute approximate surface area is 285 Å². The predicted molar refractivity (Wildman–Crippen MR) is 177 cm³/mol. The van der Waals surface area contributed by atoms with Crippen molar-refractivity contribution in [2.45, 2.75) is 124 Å². The molecule has 48 heavy (non-hydrogen) atoms. The van der Waals surface area contributed by atoms with E-state index in [0.29, 0.717) is 12.8 Å². The fourth-order valence-corrected chi connectivity index (χ4v) is 6.55. The summed E-state index contributed by atoms with van der Waals surface area (Å²) in [6, 6.07) is -0.637. The molecule has 0 aromatic carbocycles. The second-order valence-corrected chi connectivity index (χ2v) is 13.3.